The normalized spacial score (nSPS) is 14.8. The van der Waals surface area contributed by atoms with E-state index in [2.05, 4.69) is 24.0 Å². The molecule has 3 aromatic rings. The third kappa shape index (κ3) is 5.31. The monoisotopic (exact) mass is 505 g/mol. The highest BCUT2D eigenvalue weighted by Crippen LogP contribution is 2.46. The molecular weight excluding hydrogens is 466 g/mol. The van der Waals surface area contributed by atoms with Crippen molar-refractivity contribution in [3.05, 3.63) is 58.3 Å². The average Bonchev–Trinajstić information content (AvgIpc) is 3.43. The Kier molecular flexibility index (Phi) is 8.41. The fraction of sp³-hybridized carbons (Fsp3) is 0.467. The topological polar surface area (TPSA) is 87.7 Å². The number of benzene rings is 2. The number of amides is 1. The van der Waals surface area contributed by atoms with Crippen LogP contribution in [0, 0.1) is 13.8 Å². The highest BCUT2D eigenvalue weighted by atomic mass is 16.5. The highest BCUT2D eigenvalue weighted by Gasteiger charge is 2.42. The van der Waals surface area contributed by atoms with E-state index in [9.17, 15) is 9.90 Å². The molecule has 1 aliphatic heterocycles. The van der Waals surface area contributed by atoms with E-state index in [1.807, 2.05) is 49.1 Å². The van der Waals surface area contributed by atoms with Crippen LogP contribution >= 0.6 is 0 Å². The molecule has 37 heavy (non-hydrogen) atoms. The summed E-state index contributed by atoms with van der Waals surface area (Å²) in [6.07, 6.45) is 6.27. The smallest absolute Gasteiger partial charge is 0.273 e. The van der Waals surface area contributed by atoms with Crippen molar-refractivity contribution < 1.29 is 19.4 Å². The van der Waals surface area contributed by atoms with Crippen LogP contribution in [0.5, 0.6) is 17.2 Å². The number of carbonyl (C=O) groups excluding carboxylic acids is 1. The number of fused-ring (bicyclic) bond motifs is 1. The summed E-state index contributed by atoms with van der Waals surface area (Å²) in [6, 6.07) is 9.42. The number of aromatic amines is 1. The van der Waals surface area contributed by atoms with Gasteiger partial charge in [0.15, 0.2) is 11.5 Å². The zero-order valence-corrected chi connectivity index (χ0v) is 22.7. The lowest BCUT2D eigenvalue weighted by molar-refractivity contribution is 0.0740. The van der Waals surface area contributed by atoms with Crippen molar-refractivity contribution in [3.63, 3.8) is 0 Å². The van der Waals surface area contributed by atoms with E-state index < -0.39 is 0 Å². The largest absolute Gasteiger partial charge is 0.507 e. The molecule has 1 aromatic heterocycles. The summed E-state index contributed by atoms with van der Waals surface area (Å²) in [5, 5.41) is 18.5. The van der Waals surface area contributed by atoms with Crippen molar-refractivity contribution in [3.8, 4) is 28.5 Å². The first kappa shape index (κ1) is 26.6. The van der Waals surface area contributed by atoms with Gasteiger partial charge in [-0.25, -0.2) is 0 Å². The summed E-state index contributed by atoms with van der Waals surface area (Å²) < 4.78 is 11.7. The molecule has 0 fully saturated rings. The molecule has 198 valence electrons. The number of aromatic nitrogens is 2. The van der Waals surface area contributed by atoms with Gasteiger partial charge in [-0.2, -0.15) is 5.10 Å². The van der Waals surface area contributed by atoms with E-state index in [0.29, 0.717) is 41.6 Å². The number of nitrogens with zero attached hydrogens (tertiary/aromatic N) is 2. The summed E-state index contributed by atoms with van der Waals surface area (Å²) in [5.41, 5.74) is 5.23. The molecule has 1 amide bonds. The molecule has 0 spiro atoms. The van der Waals surface area contributed by atoms with E-state index in [0.717, 1.165) is 60.8 Å². The van der Waals surface area contributed by atoms with Crippen LogP contribution in [0.1, 0.15) is 91.2 Å². The van der Waals surface area contributed by atoms with Crippen LogP contribution in [0.2, 0.25) is 0 Å². The molecule has 0 aliphatic carbocycles. The Morgan fingerprint density at radius 3 is 2.51 bits per heavy atom. The molecule has 0 saturated heterocycles. The Bertz CT molecular complexity index is 1250. The van der Waals surface area contributed by atoms with Gasteiger partial charge < -0.3 is 19.5 Å². The summed E-state index contributed by atoms with van der Waals surface area (Å²) in [7, 11) is 1.64. The standard InChI is InChI=1S/C30H39N3O4/c1-6-8-10-14-33-28(21-12-13-23(24(18-21)36-5)37-15-11-9-7-2)25-26(31-32-27(25)30(33)35)22-17-19(3)16-20(4)29(22)34/h12-13,16-18,28,34H,6-11,14-15H2,1-5H3,(H,31,32). The molecule has 7 heteroatoms. The molecule has 1 aliphatic rings. The number of unbranched alkanes of at least 4 members (excludes halogenated alkanes) is 4. The molecule has 1 unspecified atom stereocenters. The molecule has 2 N–H and O–H groups in total. The second-order valence-corrected chi connectivity index (χ2v) is 9.91. The number of nitrogens with one attached hydrogen (secondary N) is 1. The lowest BCUT2D eigenvalue weighted by atomic mass is 9.93. The number of hydrogen-bond donors (Lipinski definition) is 2. The molecule has 0 bridgehead atoms. The predicted molar refractivity (Wildman–Crippen MR) is 146 cm³/mol. The number of ether oxygens (including phenoxy) is 2. The minimum Gasteiger partial charge on any atom is -0.507 e. The Hall–Kier alpha value is -3.48. The van der Waals surface area contributed by atoms with Gasteiger partial charge in [0.05, 0.1) is 19.8 Å². The van der Waals surface area contributed by atoms with E-state index in [4.69, 9.17) is 9.47 Å². The van der Waals surface area contributed by atoms with Crippen molar-refractivity contribution in [2.45, 2.75) is 72.3 Å². The summed E-state index contributed by atoms with van der Waals surface area (Å²) in [6.45, 7) is 9.46. The molecule has 7 nitrogen and oxygen atoms in total. The number of aromatic hydroxyl groups is 1. The van der Waals surface area contributed by atoms with Gasteiger partial charge in [-0.05, 0) is 61.6 Å². The van der Waals surface area contributed by atoms with E-state index in [1.165, 1.54) is 0 Å². The average molecular weight is 506 g/mol. The van der Waals surface area contributed by atoms with Crippen LogP contribution in [-0.2, 0) is 0 Å². The first-order chi connectivity index (χ1) is 17.9. The van der Waals surface area contributed by atoms with Gasteiger partial charge in [0.25, 0.3) is 5.91 Å². The van der Waals surface area contributed by atoms with Crippen LogP contribution in [0.15, 0.2) is 30.3 Å². The highest BCUT2D eigenvalue weighted by molar-refractivity contribution is 6.00. The van der Waals surface area contributed by atoms with Gasteiger partial charge in [0.2, 0.25) is 0 Å². The fourth-order valence-corrected chi connectivity index (χ4v) is 5.16. The number of rotatable bonds is 12. The Labute approximate surface area is 219 Å². The van der Waals surface area contributed by atoms with Gasteiger partial charge in [0, 0.05) is 17.7 Å². The maximum absolute atomic E-state index is 13.6. The van der Waals surface area contributed by atoms with Crippen LogP contribution in [0.25, 0.3) is 11.3 Å². The SMILES string of the molecule is CCCCCOc1ccc(C2c3c(-c4cc(C)cc(C)c4O)n[nH]c3C(=O)N2CCCCC)cc1OC. The number of carbonyl (C=O) groups is 1. The quantitative estimate of drug-likeness (QED) is 0.267. The van der Waals surface area contributed by atoms with Crippen LogP contribution < -0.4 is 9.47 Å². The van der Waals surface area contributed by atoms with Gasteiger partial charge in [0.1, 0.15) is 17.1 Å². The summed E-state index contributed by atoms with van der Waals surface area (Å²) in [4.78, 5) is 15.5. The van der Waals surface area contributed by atoms with E-state index in [1.54, 1.807) is 7.11 Å². The third-order valence-corrected chi connectivity index (χ3v) is 7.08. The van der Waals surface area contributed by atoms with Crippen LogP contribution in [0.4, 0.5) is 0 Å². The molecule has 0 saturated carbocycles. The lowest BCUT2D eigenvalue weighted by Gasteiger charge is -2.27. The van der Waals surface area contributed by atoms with E-state index >= 15 is 0 Å². The molecular formula is C30H39N3O4. The number of phenols is 1. The zero-order chi connectivity index (χ0) is 26.5. The van der Waals surface area contributed by atoms with Gasteiger partial charge in [-0.1, -0.05) is 51.7 Å². The van der Waals surface area contributed by atoms with Crippen molar-refractivity contribution >= 4 is 5.91 Å². The van der Waals surface area contributed by atoms with Crippen molar-refractivity contribution in [2.24, 2.45) is 0 Å². The number of H-pyrrole nitrogens is 1. The number of aryl methyl sites for hydroxylation is 2. The first-order valence-corrected chi connectivity index (χ1v) is 13.4. The Morgan fingerprint density at radius 1 is 1.03 bits per heavy atom. The lowest BCUT2D eigenvalue weighted by Crippen LogP contribution is -2.30. The minimum absolute atomic E-state index is 0.0717. The fourth-order valence-electron chi connectivity index (χ4n) is 5.16. The Balaban J connectivity index is 1.79. The van der Waals surface area contributed by atoms with Crippen molar-refractivity contribution in [2.75, 3.05) is 20.3 Å². The third-order valence-electron chi connectivity index (χ3n) is 7.08. The maximum atomic E-state index is 13.6. The number of phenolic OH excluding ortho intramolecular Hbond substituents is 1. The second kappa shape index (κ2) is 11.7. The minimum atomic E-state index is -0.351. The molecule has 1 atom stereocenters. The maximum Gasteiger partial charge on any atom is 0.273 e. The van der Waals surface area contributed by atoms with Crippen molar-refractivity contribution in [1.82, 2.24) is 15.1 Å². The van der Waals surface area contributed by atoms with Gasteiger partial charge in [-0.15, -0.1) is 0 Å². The van der Waals surface area contributed by atoms with Gasteiger partial charge in [-0.3, -0.25) is 9.89 Å². The van der Waals surface area contributed by atoms with E-state index in [-0.39, 0.29) is 17.7 Å². The van der Waals surface area contributed by atoms with Gasteiger partial charge >= 0.3 is 0 Å². The van der Waals surface area contributed by atoms with Crippen LogP contribution in [0.3, 0.4) is 0 Å². The Morgan fingerprint density at radius 2 is 1.78 bits per heavy atom. The van der Waals surface area contributed by atoms with Crippen molar-refractivity contribution in [1.29, 1.82) is 0 Å². The summed E-state index contributed by atoms with van der Waals surface area (Å²) >= 11 is 0. The molecule has 0 radical (unpaired) electrons. The molecule has 4 rings (SSSR count). The summed E-state index contributed by atoms with van der Waals surface area (Å²) in [5.74, 6) is 1.45. The first-order valence-electron chi connectivity index (χ1n) is 13.4. The second-order valence-electron chi connectivity index (χ2n) is 9.91. The van der Waals surface area contributed by atoms with Crippen LogP contribution in [-0.4, -0.2) is 46.4 Å². The zero-order valence-electron chi connectivity index (χ0n) is 22.7. The molecule has 2 heterocycles. The number of methoxy groups -OCH3 is 1. The predicted octanol–water partition coefficient (Wildman–Crippen LogP) is 6.71. The number of hydrogen-bond acceptors (Lipinski definition) is 5. The molecule has 2 aromatic carbocycles.